The third kappa shape index (κ3) is 2.25. The van der Waals surface area contributed by atoms with Crippen molar-refractivity contribution in [2.75, 3.05) is 4.90 Å². The van der Waals surface area contributed by atoms with Crippen LogP contribution in [0.5, 0.6) is 0 Å². The van der Waals surface area contributed by atoms with Crippen molar-refractivity contribution in [1.82, 2.24) is 4.98 Å². The van der Waals surface area contributed by atoms with E-state index in [2.05, 4.69) is 4.98 Å². The van der Waals surface area contributed by atoms with Gasteiger partial charge in [0.2, 0.25) is 0 Å². The van der Waals surface area contributed by atoms with E-state index in [0.717, 1.165) is 39.0 Å². The number of anilines is 2. The van der Waals surface area contributed by atoms with Crippen molar-refractivity contribution in [2.45, 2.75) is 0 Å². The van der Waals surface area contributed by atoms with Crippen molar-refractivity contribution in [1.29, 1.82) is 0 Å². The first-order valence-electron chi connectivity index (χ1n) is 8.59. The standard InChI is InChI=1S/C23H16N2O/c26-23-20(14-16-6-2-1-3-7-16)19-8-4-5-9-22(19)25(23)18-10-11-21-17(15-18)12-13-24-21/h1-15,24H/b20-14-. The highest BCUT2D eigenvalue weighted by atomic mass is 16.2. The lowest BCUT2D eigenvalue weighted by atomic mass is 10.0. The summed E-state index contributed by atoms with van der Waals surface area (Å²) >= 11 is 0. The van der Waals surface area contributed by atoms with Gasteiger partial charge in [-0.3, -0.25) is 9.69 Å². The van der Waals surface area contributed by atoms with Gasteiger partial charge in [-0.15, -0.1) is 0 Å². The smallest absolute Gasteiger partial charge is 0.263 e. The van der Waals surface area contributed by atoms with Gasteiger partial charge in [-0.25, -0.2) is 0 Å². The molecule has 0 bridgehead atoms. The molecule has 0 atom stereocenters. The molecular weight excluding hydrogens is 320 g/mol. The summed E-state index contributed by atoms with van der Waals surface area (Å²) in [4.78, 5) is 18.3. The Kier molecular flexibility index (Phi) is 3.25. The highest BCUT2D eigenvalue weighted by Gasteiger charge is 2.33. The molecule has 1 aromatic heterocycles. The first-order valence-corrected chi connectivity index (χ1v) is 8.59. The predicted molar refractivity (Wildman–Crippen MR) is 106 cm³/mol. The quantitative estimate of drug-likeness (QED) is 0.490. The molecule has 124 valence electrons. The zero-order chi connectivity index (χ0) is 17.5. The van der Waals surface area contributed by atoms with Gasteiger partial charge < -0.3 is 4.98 Å². The fourth-order valence-corrected chi connectivity index (χ4v) is 3.53. The molecule has 3 aromatic carbocycles. The van der Waals surface area contributed by atoms with Crippen molar-refractivity contribution in [3.63, 3.8) is 0 Å². The minimum atomic E-state index is 0.00457. The molecule has 0 fully saturated rings. The van der Waals surface area contributed by atoms with E-state index in [1.165, 1.54) is 0 Å². The monoisotopic (exact) mass is 336 g/mol. The van der Waals surface area contributed by atoms with Gasteiger partial charge in [-0.2, -0.15) is 0 Å². The van der Waals surface area contributed by atoms with Crippen LogP contribution in [-0.4, -0.2) is 10.9 Å². The zero-order valence-electron chi connectivity index (χ0n) is 14.0. The van der Waals surface area contributed by atoms with Gasteiger partial charge in [-0.05, 0) is 42.0 Å². The fraction of sp³-hybridized carbons (Fsp3) is 0. The van der Waals surface area contributed by atoms with Crippen molar-refractivity contribution in [2.24, 2.45) is 0 Å². The first-order chi connectivity index (χ1) is 12.8. The number of benzene rings is 3. The second kappa shape index (κ2) is 5.74. The molecule has 3 nitrogen and oxygen atoms in total. The van der Waals surface area contributed by atoms with Crippen LogP contribution in [0.15, 0.2) is 85.1 Å². The number of carbonyl (C=O) groups is 1. The molecule has 5 rings (SSSR count). The molecule has 1 amide bonds. The van der Waals surface area contributed by atoms with E-state index in [0.29, 0.717) is 0 Å². The van der Waals surface area contributed by atoms with E-state index in [9.17, 15) is 4.79 Å². The number of H-pyrrole nitrogens is 1. The average Bonchev–Trinajstić information content (AvgIpc) is 3.25. The second-order valence-electron chi connectivity index (χ2n) is 6.38. The van der Waals surface area contributed by atoms with Crippen molar-refractivity contribution >= 4 is 39.8 Å². The summed E-state index contributed by atoms with van der Waals surface area (Å²) in [7, 11) is 0. The average molecular weight is 336 g/mol. The van der Waals surface area contributed by atoms with Crippen molar-refractivity contribution in [3.05, 3.63) is 96.2 Å². The normalized spacial score (nSPS) is 15.0. The molecular formula is C23H16N2O. The minimum Gasteiger partial charge on any atom is -0.361 e. The number of amides is 1. The molecule has 0 unspecified atom stereocenters. The number of hydrogen-bond acceptors (Lipinski definition) is 1. The number of nitrogens with one attached hydrogen (secondary N) is 1. The number of para-hydroxylation sites is 1. The molecule has 0 spiro atoms. The maximum absolute atomic E-state index is 13.3. The van der Waals surface area contributed by atoms with E-state index in [-0.39, 0.29) is 5.91 Å². The molecule has 1 aliphatic heterocycles. The first kappa shape index (κ1) is 14.7. The number of hydrogen-bond donors (Lipinski definition) is 1. The van der Waals surface area contributed by atoms with Crippen molar-refractivity contribution in [3.8, 4) is 0 Å². The lowest BCUT2D eigenvalue weighted by Gasteiger charge is -2.17. The Morgan fingerprint density at radius 2 is 1.65 bits per heavy atom. The summed E-state index contributed by atoms with van der Waals surface area (Å²) < 4.78 is 0. The van der Waals surface area contributed by atoms with Crippen LogP contribution in [0.4, 0.5) is 11.4 Å². The fourth-order valence-electron chi connectivity index (χ4n) is 3.53. The lowest BCUT2D eigenvalue weighted by molar-refractivity contribution is -0.112. The molecule has 0 radical (unpaired) electrons. The van der Waals surface area contributed by atoms with Gasteiger partial charge in [0.15, 0.2) is 0 Å². The molecule has 4 aromatic rings. The third-order valence-corrected chi connectivity index (χ3v) is 4.77. The van der Waals surface area contributed by atoms with Crippen molar-refractivity contribution < 1.29 is 4.79 Å². The summed E-state index contributed by atoms with van der Waals surface area (Å²) in [5.74, 6) is 0.00457. The van der Waals surface area contributed by atoms with Crippen LogP contribution in [-0.2, 0) is 4.79 Å². The summed E-state index contributed by atoms with van der Waals surface area (Å²) in [6.07, 6.45) is 3.88. The Labute approximate surface area is 151 Å². The Balaban J connectivity index is 1.67. The molecule has 1 N–H and O–H groups in total. The Morgan fingerprint density at radius 3 is 2.54 bits per heavy atom. The SMILES string of the molecule is O=C1/C(=C\c2ccccc2)c2ccccc2N1c1ccc2[nH]ccc2c1. The number of carbonyl (C=O) groups excluding carboxylic acids is 1. The van der Waals surface area contributed by atoms with Crippen LogP contribution in [0.1, 0.15) is 11.1 Å². The van der Waals surface area contributed by atoms with Crippen LogP contribution in [0.3, 0.4) is 0 Å². The minimum absolute atomic E-state index is 0.00457. The molecule has 26 heavy (non-hydrogen) atoms. The van der Waals surface area contributed by atoms with Gasteiger partial charge in [0, 0.05) is 28.4 Å². The lowest BCUT2D eigenvalue weighted by Crippen LogP contribution is -2.20. The van der Waals surface area contributed by atoms with E-state index >= 15 is 0 Å². The van der Waals surface area contributed by atoms with Gasteiger partial charge in [0.05, 0.1) is 11.3 Å². The molecule has 0 aliphatic carbocycles. The largest absolute Gasteiger partial charge is 0.361 e. The van der Waals surface area contributed by atoms with Gasteiger partial charge in [0.25, 0.3) is 5.91 Å². The topological polar surface area (TPSA) is 36.1 Å². The second-order valence-corrected chi connectivity index (χ2v) is 6.38. The van der Waals surface area contributed by atoms with Gasteiger partial charge in [-0.1, -0.05) is 48.5 Å². The Bertz CT molecular complexity index is 1160. The van der Waals surface area contributed by atoms with Crippen LogP contribution < -0.4 is 4.90 Å². The van der Waals surface area contributed by atoms with E-state index in [1.54, 1.807) is 4.90 Å². The maximum Gasteiger partial charge on any atom is 0.263 e. The summed E-state index contributed by atoms with van der Waals surface area (Å²) in [5.41, 5.74) is 5.58. The molecule has 0 saturated heterocycles. The predicted octanol–water partition coefficient (Wildman–Crippen LogP) is 5.39. The number of aromatic amines is 1. The Hall–Kier alpha value is -3.59. The number of rotatable bonds is 2. The van der Waals surface area contributed by atoms with Crippen LogP contribution in [0.2, 0.25) is 0 Å². The molecule has 2 heterocycles. The van der Waals surface area contributed by atoms with Crippen LogP contribution in [0.25, 0.3) is 22.6 Å². The molecule has 0 saturated carbocycles. The number of nitrogens with zero attached hydrogens (tertiary/aromatic N) is 1. The van der Waals surface area contributed by atoms with Gasteiger partial charge in [0.1, 0.15) is 0 Å². The highest BCUT2D eigenvalue weighted by molar-refractivity contribution is 6.38. The maximum atomic E-state index is 13.3. The van der Waals surface area contributed by atoms with Crippen LogP contribution in [0, 0.1) is 0 Å². The third-order valence-electron chi connectivity index (χ3n) is 4.77. The van der Waals surface area contributed by atoms with Crippen LogP contribution >= 0.6 is 0 Å². The van der Waals surface area contributed by atoms with Gasteiger partial charge >= 0.3 is 0 Å². The molecule has 3 heteroatoms. The molecule has 1 aliphatic rings. The Morgan fingerprint density at radius 1 is 0.846 bits per heavy atom. The summed E-state index contributed by atoms with van der Waals surface area (Å²) in [6.45, 7) is 0. The zero-order valence-corrected chi connectivity index (χ0v) is 14.0. The number of aromatic nitrogens is 1. The summed E-state index contributed by atoms with van der Waals surface area (Å²) in [5, 5.41) is 1.09. The summed E-state index contributed by atoms with van der Waals surface area (Å²) in [6, 6.07) is 26.0. The van der Waals surface area contributed by atoms with E-state index < -0.39 is 0 Å². The van der Waals surface area contributed by atoms with E-state index in [4.69, 9.17) is 0 Å². The number of fused-ring (bicyclic) bond motifs is 2. The van der Waals surface area contributed by atoms with E-state index in [1.807, 2.05) is 91.1 Å². The highest BCUT2D eigenvalue weighted by Crippen LogP contribution is 2.42.